The zero-order chi connectivity index (χ0) is 18.2. The molecule has 0 N–H and O–H groups in total. The van der Waals surface area contributed by atoms with Gasteiger partial charge in [0.05, 0.1) is 6.54 Å². The first-order valence-electron chi connectivity index (χ1n) is 10.8. The smallest absolute Gasteiger partial charge is 0.122 e. The van der Waals surface area contributed by atoms with Crippen molar-refractivity contribution in [3.05, 3.63) is 54.1 Å². The van der Waals surface area contributed by atoms with Gasteiger partial charge in [-0.25, -0.2) is 4.98 Å². The van der Waals surface area contributed by atoms with Crippen LogP contribution in [0.1, 0.15) is 37.1 Å². The van der Waals surface area contributed by atoms with Gasteiger partial charge in [0.25, 0.3) is 0 Å². The summed E-state index contributed by atoms with van der Waals surface area (Å²) in [7, 11) is 2.12. The number of aromatic nitrogens is 2. The van der Waals surface area contributed by atoms with Gasteiger partial charge in [-0.15, -0.1) is 0 Å². The van der Waals surface area contributed by atoms with Crippen LogP contribution in [0.2, 0.25) is 0 Å². The fraction of sp³-hybridized carbons (Fsp3) is 0.609. The summed E-state index contributed by atoms with van der Waals surface area (Å²) < 4.78 is 2.18. The van der Waals surface area contributed by atoms with Gasteiger partial charge in [-0.3, -0.25) is 9.80 Å². The quantitative estimate of drug-likeness (QED) is 0.832. The van der Waals surface area contributed by atoms with E-state index in [2.05, 4.69) is 62.9 Å². The van der Waals surface area contributed by atoms with Gasteiger partial charge in [0.15, 0.2) is 0 Å². The second-order valence-corrected chi connectivity index (χ2v) is 8.96. The zero-order valence-electron chi connectivity index (χ0n) is 16.5. The van der Waals surface area contributed by atoms with E-state index in [1.807, 2.05) is 6.20 Å². The predicted molar refractivity (Wildman–Crippen MR) is 108 cm³/mol. The van der Waals surface area contributed by atoms with Crippen LogP contribution in [0.25, 0.3) is 0 Å². The Morgan fingerprint density at radius 1 is 1.07 bits per heavy atom. The van der Waals surface area contributed by atoms with Crippen LogP contribution in [-0.2, 0) is 20.0 Å². The molecule has 3 saturated heterocycles. The molecule has 4 heterocycles. The van der Waals surface area contributed by atoms with Gasteiger partial charge in [0.1, 0.15) is 5.82 Å². The van der Waals surface area contributed by atoms with Crippen molar-refractivity contribution in [2.45, 2.75) is 50.7 Å². The van der Waals surface area contributed by atoms with Gasteiger partial charge < -0.3 is 4.57 Å². The maximum Gasteiger partial charge on any atom is 0.122 e. The fourth-order valence-corrected chi connectivity index (χ4v) is 6.02. The van der Waals surface area contributed by atoms with Crippen LogP contribution in [0.5, 0.6) is 0 Å². The maximum atomic E-state index is 4.58. The lowest BCUT2D eigenvalue weighted by Gasteiger charge is -2.57. The summed E-state index contributed by atoms with van der Waals surface area (Å²) >= 11 is 0. The van der Waals surface area contributed by atoms with Crippen molar-refractivity contribution < 1.29 is 0 Å². The van der Waals surface area contributed by atoms with Crippen molar-refractivity contribution in [1.82, 2.24) is 19.4 Å². The number of aryl methyl sites for hydroxylation is 1. The van der Waals surface area contributed by atoms with E-state index in [0.29, 0.717) is 6.04 Å². The summed E-state index contributed by atoms with van der Waals surface area (Å²) in [6.45, 7) is 4.79. The summed E-state index contributed by atoms with van der Waals surface area (Å²) in [5.74, 6) is 2.84. The SMILES string of the molecule is Cn1ccnc1CN1C[C@H]2C[C@@H](C1)[C@H](Cc1ccccc1)N1CCCC[C@@H]21. The Balaban J connectivity index is 1.38. The average molecular weight is 365 g/mol. The van der Waals surface area contributed by atoms with Crippen molar-refractivity contribution in [2.24, 2.45) is 18.9 Å². The van der Waals surface area contributed by atoms with E-state index < -0.39 is 0 Å². The molecule has 5 rings (SSSR count). The molecule has 0 radical (unpaired) electrons. The molecule has 2 aromatic rings. The predicted octanol–water partition coefficient (Wildman–Crippen LogP) is 3.34. The van der Waals surface area contributed by atoms with Crippen LogP contribution in [0.15, 0.2) is 42.7 Å². The number of hydrogen-bond donors (Lipinski definition) is 0. The molecule has 144 valence electrons. The van der Waals surface area contributed by atoms with Gasteiger partial charge >= 0.3 is 0 Å². The summed E-state index contributed by atoms with van der Waals surface area (Å²) in [5.41, 5.74) is 1.51. The summed E-state index contributed by atoms with van der Waals surface area (Å²) in [6.07, 6.45) is 10.8. The number of imidazole rings is 1. The third-order valence-corrected chi connectivity index (χ3v) is 7.27. The van der Waals surface area contributed by atoms with E-state index in [1.165, 1.54) is 63.1 Å². The molecule has 2 bridgehead atoms. The fourth-order valence-electron chi connectivity index (χ4n) is 6.02. The molecule has 1 aromatic heterocycles. The van der Waals surface area contributed by atoms with Crippen molar-refractivity contribution >= 4 is 0 Å². The Labute approximate surface area is 163 Å². The Bertz CT molecular complexity index is 755. The number of rotatable bonds is 4. The third-order valence-electron chi connectivity index (χ3n) is 7.27. The first-order chi connectivity index (χ1) is 13.3. The van der Waals surface area contributed by atoms with Crippen molar-refractivity contribution in [2.75, 3.05) is 19.6 Å². The molecule has 0 aliphatic carbocycles. The minimum absolute atomic E-state index is 0.707. The van der Waals surface area contributed by atoms with Crippen molar-refractivity contribution in [3.63, 3.8) is 0 Å². The van der Waals surface area contributed by atoms with Crippen LogP contribution < -0.4 is 0 Å². The van der Waals surface area contributed by atoms with Crippen LogP contribution in [0.3, 0.4) is 0 Å². The lowest BCUT2D eigenvalue weighted by Crippen LogP contribution is -2.63. The van der Waals surface area contributed by atoms with Crippen molar-refractivity contribution in [1.29, 1.82) is 0 Å². The molecule has 0 amide bonds. The van der Waals surface area contributed by atoms with E-state index >= 15 is 0 Å². The van der Waals surface area contributed by atoms with Gasteiger partial charge in [-0.2, -0.15) is 0 Å². The number of nitrogens with zero attached hydrogens (tertiary/aromatic N) is 4. The summed E-state index contributed by atoms with van der Waals surface area (Å²) in [5, 5.41) is 0. The lowest BCUT2D eigenvalue weighted by molar-refractivity contribution is -0.0735. The van der Waals surface area contributed by atoms with Gasteiger partial charge in [-0.1, -0.05) is 36.8 Å². The minimum Gasteiger partial charge on any atom is -0.337 e. The molecule has 4 heteroatoms. The Hall–Kier alpha value is -1.65. The number of benzene rings is 1. The monoisotopic (exact) mass is 364 g/mol. The Kier molecular flexibility index (Phi) is 4.78. The minimum atomic E-state index is 0.707. The lowest BCUT2D eigenvalue weighted by atomic mass is 9.71. The Morgan fingerprint density at radius 2 is 1.93 bits per heavy atom. The Morgan fingerprint density at radius 3 is 2.74 bits per heavy atom. The number of piperidine rings is 3. The molecule has 3 fully saturated rings. The molecule has 27 heavy (non-hydrogen) atoms. The summed E-state index contributed by atoms with van der Waals surface area (Å²) in [4.78, 5) is 10.2. The van der Waals surface area contributed by atoms with Crippen LogP contribution in [0.4, 0.5) is 0 Å². The van der Waals surface area contributed by atoms with Gasteiger partial charge in [0, 0.05) is 44.6 Å². The first kappa shape index (κ1) is 17.4. The van der Waals surface area contributed by atoms with Gasteiger partial charge in [-0.05, 0) is 49.6 Å². The summed E-state index contributed by atoms with van der Waals surface area (Å²) in [6, 6.07) is 12.7. The average Bonchev–Trinajstić information content (AvgIpc) is 3.10. The van der Waals surface area contributed by atoms with Gasteiger partial charge in [0.2, 0.25) is 0 Å². The molecule has 1 aromatic carbocycles. The van der Waals surface area contributed by atoms with Crippen LogP contribution in [0, 0.1) is 11.8 Å². The highest BCUT2D eigenvalue weighted by Gasteiger charge is 2.46. The molecular weight excluding hydrogens is 332 g/mol. The van der Waals surface area contributed by atoms with Crippen LogP contribution in [-0.4, -0.2) is 51.1 Å². The van der Waals surface area contributed by atoms with E-state index in [-0.39, 0.29) is 0 Å². The molecule has 0 spiro atoms. The van der Waals surface area contributed by atoms with Crippen molar-refractivity contribution in [3.8, 4) is 0 Å². The third kappa shape index (κ3) is 3.45. The van der Waals surface area contributed by atoms with Crippen LogP contribution >= 0.6 is 0 Å². The standard InChI is InChI=1S/C23H32N4/c1-25-12-10-24-23(25)17-26-15-19-14-20(16-26)22(13-18-7-3-2-4-8-18)27-11-6-5-9-21(19)27/h2-4,7-8,10,12,19-22H,5-6,9,11,13-17H2,1H3/t19-,20+,21+,22+/m1/s1. The van der Waals surface area contributed by atoms with E-state index in [4.69, 9.17) is 0 Å². The normalized spacial score (nSPS) is 31.6. The first-order valence-corrected chi connectivity index (χ1v) is 10.8. The topological polar surface area (TPSA) is 24.3 Å². The van der Waals surface area contributed by atoms with E-state index in [9.17, 15) is 0 Å². The molecule has 4 atom stereocenters. The highest BCUT2D eigenvalue weighted by atomic mass is 15.3. The second-order valence-electron chi connectivity index (χ2n) is 8.96. The zero-order valence-corrected chi connectivity index (χ0v) is 16.5. The largest absolute Gasteiger partial charge is 0.337 e. The molecule has 4 nitrogen and oxygen atoms in total. The molecule has 0 saturated carbocycles. The number of likely N-dealkylation sites (tertiary alicyclic amines) is 1. The highest BCUT2D eigenvalue weighted by Crippen LogP contribution is 2.42. The molecule has 0 unspecified atom stereocenters. The molecular formula is C23H32N4. The molecule has 3 aliphatic rings. The highest BCUT2D eigenvalue weighted by molar-refractivity contribution is 5.17. The number of fused-ring (bicyclic) bond motifs is 4. The molecule has 3 aliphatic heterocycles. The maximum absolute atomic E-state index is 4.58. The van der Waals surface area contributed by atoms with E-state index in [1.54, 1.807) is 0 Å². The van der Waals surface area contributed by atoms with E-state index in [0.717, 1.165) is 24.4 Å². The second kappa shape index (κ2) is 7.40. The number of hydrogen-bond acceptors (Lipinski definition) is 3.